The van der Waals surface area contributed by atoms with Crippen LogP contribution in [0, 0.1) is 13.8 Å². The van der Waals surface area contributed by atoms with Crippen molar-refractivity contribution in [2.24, 2.45) is 0 Å². The van der Waals surface area contributed by atoms with Crippen LogP contribution in [0.15, 0.2) is 59.5 Å². The highest BCUT2D eigenvalue weighted by Gasteiger charge is 2.23. The number of aromatic nitrogens is 2. The van der Waals surface area contributed by atoms with Crippen LogP contribution in [0.4, 0.5) is 4.79 Å². The second-order valence-electron chi connectivity index (χ2n) is 10.6. The summed E-state index contributed by atoms with van der Waals surface area (Å²) in [4.78, 5) is 19.3. The van der Waals surface area contributed by atoms with Gasteiger partial charge in [0.1, 0.15) is 5.82 Å². The first-order valence-corrected chi connectivity index (χ1v) is 15.3. The summed E-state index contributed by atoms with van der Waals surface area (Å²) < 4.78 is 30.7. The maximum absolute atomic E-state index is 13.2. The summed E-state index contributed by atoms with van der Waals surface area (Å²) in [5, 5.41) is 2.32. The third-order valence-corrected chi connectivity index (χ3v) is 8.97. The molecule has 1 aliphatic heterocycles. The van der Waals surface area contributed by atoms with Gasteiger partial charge in [0.15, 0.2) is 0 Å². The number of rotatable bonds is 8. The summed E-state index contributed by atoms with van der Waals surface area (Å²) in [5.41, 5.74) is 8.04. The Morgan fingerprint density at radius 3 is 2.33 bits per heavy atom. The lowest BCUT2D eigenvalue weighted by Gasteiger charge is -2.18. The van der Waals surface area contributed by atoms with E-state index in [4.69, 9.17) is 4.98 Å². The number of sulfonamides is 1. The molecule has 0 spiro atoms. The van der Waals surface area contributed by atoms with Gasteiger partial charge in [-0.1, -0.05) is 43.3 Å². The van der Waals surface area contributed by atoms with Crippen LogP contribution >= 0.6 is 0 Å². The van der Waals surface area contributed by atoms with Crippen molar-refractivity contribution >= 4 is 27.1 Å². The molecule has 0 saturated carbocycles. The zero-order valence-corrected chi connectivity index (χ0v) is 24.4. The zero-order chi connectivity index (χ0) is 28.4. The van der Waals surface area contributed by atoms with Gasteiger partial charge in [-0.15, -0.1) is 0 Å². The molecule has 1 aromatic heterocycles. The number of amides is 2. The summed E-state index contributed by atoms with van der Waals surface area (Å²) in [6, 6.07) is 17.0. The Balaban J connectivity index is 1.51. The van der Waals surface area contributed by atoms with E-state index in [1.807, 2.05) is 36.4 Å². The zero-order valence-electron chi connectivity index (χ0n) is 23.6. The molecule has 0 radical (unpaired) electrons. The minimum absolute atomic E-state index is 0.0776. The highest BCUT2D eigenvalue weighted by Crippen LogP contribution is 2.31. The van der Waals surface area contributed by atoms with Gasteiger partial charge in [0.2, 0.25) is 0 Å². The normalized spacial score (nSPS) is 14.1. The highest BCUT2D eigenvalue weighted by atomic mass is 32.2. The molecule has 0 aliphatic carbocycles. The number of carbonyl (C=O) groups excluding carboxylic acids is 1. The number of carbonyl (C=O) groups is 1. The van der Waals surface area contributed by atoms with E-state index in [1.165, 1.54) is 31.0 Å². The number of nitrogens with zero attached hydrogens (tertiary/aromatic N) is 3. The second kappa shape index (κ2) is 11.4. The van der Waals surface area contributed by atoms with E-state index in [0.29, 0.717) is 12.1 Å². The summed E-state index contributed by atoms with van der Waals surface area (Å²) >= 11 is 0. The van der Waals surface area contributed by atoms with Gasteiger partial charge in [-0.25, -0.2) is 22.9 Å². The Hall–Kier alpha value is -3.69. The van der Waals surface area contributed by atoms with E-state index in [0.717, 1.165) is 59.6 Å². The Kier molecular flexibility index (Phi) is 7.96. The maximum atomic E-state index is 13.2. The van der Waals surface area contributed by atoms with Gasteiger partial charge >= 0.3 is 6.03 Å². The minimum atomic E-state index is -4.08. The van der Waals surface area contributed by atoms with Crippen LogP contribution in [0.3, 0.4) is 0 Å². The van der Waals surface area contributed by atoms with Crippen LogP contribution in [0.2, 0.25) is 0 Å². The number of fused-ring (bicyclic) bond motifs is 1. The van der Waals surface area contributed by atoms with E-state index in [9.17, 15) is 13.2 Å². The van der Waals surface area contributed by atoms with Crippen molar-refractivity contribution < 1.29 is 13.2 Å². The first-order valence-electron chi connectivity index (χ1n) is 13.8. The Bertz CT molecular complexity index is 1650. The number of benzene rings is 3. The lowest BCUT2D eigenvalue weighted by Crippen LogP contribution is -2.37. The standard InChI is InChI=1S/C31H37N5O3S/c1-5-29-33-30-22(3)16-21(2)17-27(30)36(29)20-23-8-11-25(12-9-23)26-18-24(19-35-14-6-7-15-35)10-13-28(26)40(38,39)34-31(37)32-4/h8-13,16-18H,5-7,14-15,19-20H2,1-4H3,(H2,32,34,37). The molecular weight excluding hydrogens is 522 g/mol. The Labute approximate surface area is 236 Å². The number of nitrogens with one attached hydrogen (secondary N) is 2. The van der Waals surface area contributed by atoms with Gasteiger partial charge in [-0.3, -0.25) is 4.90 Å². The molecule has 9 heteroatoms. The van der Waals surface area contributed by atoms with E-state index in [-0.39, 0.29) is 4.90 Å². The first-order chi connectivity index (χ1) is 19.2. The molecule has 3 aromatic carbocycles. The number of likely N-dealkylation sites (tertiary alicyclic amines) is 1. The van der Waals surface area contributed by atoms with Crippen molar-refractivity contribution in [3.05, 3.63) is 82.7 Å². The quantitative estimate of drug-likeness (QED) is 0.312. The average Bonchev–Trinajstić information content (AvgIpc) is 3.56. The summed E-state index contributed by atoms with van der Waals surface area (Å²) in [7, 11) is -2.69. The topological polar surface area (TPSA) is 96.3 Å². The third kappa shape index (κ3) is 5.76. The van der Waals surface area contributed by atoms with E-state index in [2.05, 4.69) is 52.4 Å². The molecule has 0 unspecified atom stereocenters. The largest absolute Gasteiger partial charge is 0.340 e. The van der Waals surface area contributed by atoms with Crippen LogP contribution < -0.4 is 10.0 Å². The molecule has 0 bridgehead atoms. The molecule has 5 rings (SSSR count). The van der Waals surface area contributed by atoms with Crippen LogP contribution in [0.5, 0.6) is 0 Å². The van der Waals surface area contributed by atoms with Crippen molar-refractivity contribution in [2.45, 2.75) is 58.0 Å². The molecule has 40 heavy (non-hydrogen) atoms. The van der Waals surface area contributed by atoms with Crippen molar-refractivity contribution in [2.75, 3.05) is 20.1 Å². The molecule has 1 aliphatic rings. The smallest absolute Gasteiger partial charge is 0.328 e. The number of urea groups is 1. The predicted molar refractivity (Wildman–Crippen MR) is 159 cm³/mol. The summed E-state index contributed by atoms with van der Waals surface area (Å²) in [5.74, 6) is 1.04. The van der Waals surface area contributed by atoms with Gasteiger partial charge < -0.3 is 9.88 Å². The van der Waals surface area contributed by atoms with E-state index < -0.39 is 16.1 Å². The molecule has 210 valence electrons. The van der Waals surface area contributed by atoms with Crippen LogP contribution in [-0.2, 0) is 29.5 Å². The summed E-state index contributed by atoms with van der Waals surface area (Å²) in [6.45, 7) is 9.85. The number of hydrogen-bond donors (Lipinski definition) is 2. The number of aryl methyl sites for hydroxylation is 3. The second-order valence-corrected chi connectivity index (χ2v) is 12.3. The van der Waals surface area contributed by atoms with Gasteiger partial charge in [0, 0.05) is 32.1 Å². The molecule has 4 aromatic rings. The van der Waals surface area contributed by atoms with E-state index in [1.54, 1.807) is 6.07 Å². The number of hydrogen-bond acceptors (Lipinski definition) is 5. The van der Waals surface area contributed by atoms with Crippen molar-refractivity contribution in [3.63, 3.8) is 0 Å². The van der Waals surface area contributed by atoms with Crippen molar-refractivity contribution in [3.8, 4) is 11.1 Å². The lowest BCUT2D eigenvalue weighted by molar-refractivity contribution is 0.248. The van der Waals surface area contributed by atoms with Crippen LogP contribution in [-0.4, -0.2) is 49.0 Å². The van der Waals surface area contributed by atoms with Crippen molar-refractivity contribution in [1.82, 2.24) is 24.5 Å². The molecule has 1 fully saturated rings. The van der Waals surface area contributed by atoms with Crippen molar-refractivity contribution in [1.29, 1.82) is 0 Å². The molecular formula is C31H37N5O3S. The number of imidazole rings is 1. The van der Waals surface area contributed by atoms with Crippen LogP contribution in [0.25, 0.3) is 22.2 Å². The lowest BCUT2D eigenvalue weighted by atomic mass is 10.0. The molecule has 1 saturated heterocycles. The molecule has 8 nitrogen and oxygen atoms in total. The van der Waals surface area contributed by atoms with Gasteiger partial charge in [0.05, 0.1) is 15.9 Å². The first kappa shape index (κ1) is 27.9. The Morgan fingerprint density at radius 1 is 0.950 bits per heavy atom. The molecule has 2 heterocycles. The van der Waals surface area contributed by atoms with E-state index >= 15 is 0 Å². The summed E-state index contributed by atoms with van der Waals surface area (Å²) in [6.07, 6.45) is 3.19. The van der Waals surface area contributed by atoms with Gasteiger partial charge in [0.25, 0.3) is 10.0 Å². The fourth-order valence-corrected chi connectivity index (χ4v) is 6.77. The Morgan fingerprint density at radius 2 is 1.65 bits per heavy atom. The van der Waals surface area contributed by atoms with Gasteiger partial charge in [-0.05, 0) is 85.8 Å². The monoisotopic (exact) mass is 559 g/mol. The highest BCUT2D eigenvalue weighted by molar-refractivity contribution is 7.90. The molecule has 0 atom stereocenters. The molecule has 2 amide bonds. The predicted octanol–water partition coefficient (Wildman–Crippen LogP) is 5.14. The van der Waals surface area contributed by atoms with Crippen LogP contribution in [0.1, 0.15) is 47.8 Å². The fourth-order valence-electron chi connectivity index (χ4n) is 5.60. The fraction of sp³-hybridized carbons (Fsp3) is 0.355. The van der Waals surface area contributed by atoms with Gasteiger partial charge in [-0.2, -0.15) is 0 Å². The average molecular weight is 560 g/mol. The minimum Gasteiger partial charge on any atom is -0.340 e. The SMILES string of the molecule is CCc1nc2c(C)cc(C)cc2n1Cc1ccc(-c2cc(CN3CCCC3)ccc2S(=O)(=O)NC(=O)NC)cc1. The third-order valence-electron chi connectivity index (χ3n) is 7.58. The maximum Gasteiger partial charge on any atom is 0.328 e. The molecule has 2 N–H and O–H groups in total.